The van der Waals surface area contributed by atoms with Gasteiger partial charge in [0.15, 0.2) is 0 Å². The summed E-state index contributed by atoms with van der Waals surface area (Å²) in [5, 5.41) is 11.9. The fourth-order valence-electron chi connectivity index (χ4n) is 2.37. The Labute approximate surface area is 164 Å². The topological polar surface area (TPSA) is 103 Å². The number of nitrogens with zero attached hydrogens (tertiary/aromatic N) is 1. The maximum Gasteiger partial charge on any atom is 0.269 e. The van der Waals surface area contributed by atoms with Gasteiger partial charge in [0.05, 0.1) is 18.2 Å². The molecule has 0 heterocycles. The number of hydrogen-bond acceptors (Lipinski definition) is 5. The zero-order valence-corrected chi connectivity index (χ0v) is 15.7. The van der Waals surface area contributed by atoms with Crippen LogP contribution in [0.5, 0.6) is 5.75 Å². The third-order valence-corrected chi connectivity index (χ3v) is 3.61. The molecule has 0 aliphatic rings. The predicted molar refractivity (Wildman–Crippen MR) is 107 cm³/mol. The van der Waals surface area contributed by atoms with Crippen LogP contribution >= 0.6 is 0 Å². The first-order chi connectivity index (χ1) is 13.5. The molecule has 2 rings (SSSR count). The zero-order chi connectivity index (χ0) is 20.4. The van der Waals surface area contributed by atoms with E-state index in [0.717, 1.165) is 5.56 Å². The maximum atomic E-state index is 12.5. The summed E-state index contributed by atoms with van der Waals surface area (Å²) in [6.07, 6.45) is 3.44. The Hall–Kier alpha value is -3.63. The number of nitriles is 1. The lowest BCUT2D eigenvalue weighted by Gasteiger charge is -2.14. The Morgan fingerprint density at radius 3 is 2.61 bits per heavy atom. The summed E-state index contributed by atoms with van der Waals surface area (Å²) in [6.45, 7) is 3.55. The number of ether oxygens (including phenoxy) is 1. The van der Waals surface area contributed by atoms with Crippen LogP contribution in [0.3, 0.4) is 0 Å². The van der Waals surface area contributed by atoms with Gasteiger partial charge in [0.2, 0.25) is 5.91 Å². The Bertz CT molecular complexity index is 888. The molecule has 2 aromatic rings. The van der Waals surface area contributed by atoms with Crippen LogP contribution < -0.4 is 20.9 Å². The lowest BCUT2D eigenvalue weighted by Crippen LogP contribution is -2.43. The minimum Gasteiger partial charge on any atom is -0.493 e. The number of carbonyl (C=O) groups excluding carboxylic acids is 2. The van der Waals surface area contributed by atoms with E-state index in [-0.39, 0.29) is 11.5 Å². The highest BCUT2D eigenvalue weighted by atomic mass is 16.5. The molecule has 0 aromatic heterocycles. The fraction of sp³-hybridized carbons (Fsp3) is 0.190. The molecular formula is C21H22N4O3. The zero-order valence-electron chi connectivity index (χ0n) is 15.7. The van der Waals surface area contributed by atoms with Crippen LogP contribution in [0, 0.1) is 11.3 Å². The summed E-state index contributed by atoms with van der Waals surface area (Å²) in [6, 6.07) is 15.6. The molecule has 144 valence electrons. The molecule has 0 saturated heterocycles. The molecule has 3 N–H and O–H groups in total. The third-order valence-electron chi connectivity index (χ3n) is 3.61. The van der Waals surface area contributed by atoms with Gasteiger partial charge in [-0.3, -0.25) is 15.0 Å². The van der Waals surface area contributed by atoms with Crippen LogP contribution in [0.1, 0.15) is 29.8 Å². The molecule has 0 bridgehead atoms. The van der Waals surface area contributed by atoms with Gasteiger partial charge in [-0.15, -0.1) is 0 Å². The van der Waals surface area contributed by atoms with Crippen molar-refractivity contribution in [2.45, 2.75) is 19.9 Å². The number of amides is 2. The Kier molecular flexibility index (Phi) is 7.76. The molecule has 0 unspecified atom stereocenters. The molecule has 2 aromatic carbocycles. The van der Waals surface area contributed by atoms with Gasteiger partial charge < -0.3 is 10.1 Å². The van der Waals surface area contributed by atoms with Crippen molar-refractivity contribution >= 4 is 23.6 Å². The third kappa shape index (κ3) is 6.27. The van der Waals surface area contributed by atoms with E-state index in [1.54, 1.807) is 37.3 Å². The lowest BCUT2D eigenvalue weighted by molar-refractivity contribution is -0.114. The molecule has 2 amide bonds. The first-order valence-electron chi connectivity index (χ1n) is 8.76. The van der Waals surface area contributed by atoms with Gasteiger partial charge in [0.25, 0.3) is 5.91 Å². The Balaban J connectivity index is 2.05. The second-order valence-electron chi connectivity index (χ2n) is 5.80. The first-order valence-corrected chi connectivity index (χ1v) is 8.76. The number of hydrazine groups is 1. The molecule has 1 atom stereocenters. The van der Waals surface area contributed by atoms with Gasteiger partial charge in [-0.25, -0.2) is 5.43 Å². The van der Waals surface area contributed by atoms with Crippen LogP contribution in [-0.4, -0.2) is 24.5 Å². The predicted octanol–water partition coefficient (Wildman–Crippen LogP) is 2.88. The highest BCUT2D eigenvalue weighted by Gasteiger charge is 2.15. The second kappa shape index (κ2) is 10.5. The van der Waals surface area contributed by atoms with Crippen LogP contribution in [0.4, 0.5) is 5.69 Å². The van der Waals surface area contributed by atoms with Gasteiger partial charge in [-0.1, -0.05) is 42.5 Å². The first kappa shape index (κ1) is 20.7. The summed E-state index contributed by atoms with van der Waals surface area (Å²) in [5.74, 6) is -0.337. The number of hydrogen-bond donors (Lipinski definition) is 3. The Morgan fingerprint density at radius 1 is 1.21 bits per heavy atom. The van der Waals surface area contributed by atoms with E-state index in [4.69, 9.17) is 4.74 Å². The van der Waals surface area contributed by atoms with Gasteiger partial charge >= 0.3 is 0 Å². The minimum absolute atomic E-state index is 0.219. The highest BCUT2D eigenvalue weighted by Crippen LogP contribution is 2.23. The number of rotatable bonds is 8. The summed E-state index contributed by atoms with van der Waals surface area (Å²) in [7, 11) is 0. The van der Waals surface area contributed by atoms with Gasteiger partial charge in [0.1, 0.15) is 11.8 Å². The van der Waals surface area contributed by atoms with Gasteiger partial charge in [0, 0.05) is 18.7 Å². The smallest absolute Gasteiger partial charge is 0.269 e. The van der Waals surface area contributed by atoms with E-state index in [0.29, 0.717) is 18.0 Å². The van der Waals surface area contributed by atoms with Crippen molar-refractivity contribution in [2.24, 2.45) is 0 Å². The van der Waals surface area contributed by atoms with E-state index in [2.05, 4.69) is 22.2 Å². The molecule has 7 nitrogen and oxygen atoms in total. The van der Waals surface area contributed by atoms with E-state index in [1.807, 2.05) is 30.3 Å². The van der Waals surface area contributed by atoms with Crippen LogP contribution in [0.25, 0.3) is 6.08 Å². The molecule has 0 radical (unpaired) electrons. The van der Waals surface area contributed by atoms with Gasteiger partial charge in [-0.2, -0.15) is 5.26 Å². The lowest BCUT2D eigenvalue weighted by atomic mass is 10.1. The molecule has 0 aliphatic heterocycles. The molecule has 0 aliphatic carbocycles. The maximum absolute atomic E-state index is 12.5. The molecule has 28 heavy (non-hydrogen) atoms. The van der Waals surface area contributed by atoms with Crippen molar-refractivity contribution in [1.29, 1.82) is 5.26 Å². The summed E-state index contributed by atoms with van der Waals surface area (Å²) < 4.78 is 5.50. The van der Waals surface area contributed by atoms with Crippen LogP contribution in [0.15, 0.2) is 54.6 Å². The van der Waals surface area contributed by atoms with Crippen molar-refractivity contribution < 1.29 is 14.3 Å². The SMILES string of the molecule is CCOc1cc(NC(C)=O)ccc1C(=O)NN[C@@H](C#N)/C=C/c1ccccc1. The summed E-state index contributed by atoms with van der Waals surface area (Å²) in [5.41, 5.74) is 6.96. The van der Waals surface area contributed by atoms with Gasteiger partial charge in [-0.05, 0) is 24.6 Å². The summed E-state index contributed by atoms with van der Waals surface area (Å²) >= 11 is 0. The Morgan fingerprint density at radius 2 is 1.96 bits per heavy atom. The van der Waals surface area contributed by atoms with Crippen molar-refractivity contribution in [2.75, 3.05) is 11.9 Å². The quantitative estimate of drug-likeness (QED) is 0.613. The molecule has 0 fully saturated rings. The van der Waals surface area contributed by atoms with E-state index in [1.165, 1.54) is 6.92 Å². The van der Waals surface area contributed by atoms with Crippen molar-refractivity contribution in [1.82, 2.24) is 10.9 Å². The average molecular weight is 378 g/mol. The van der Waals surface area contributed by atoms with Crippen molar-refractivity contribution in [3.8, 4) is 11.8 Å². The second-order valence-corrected chi connectivity index (χ2v) is 5.80. The molecule has 0 spiro atoms. The van der Waals surface area contributed by atoms with E-state index in [9.17, 15) is 14.9 Å². The largest absolute Gasteiger partial charge is 0.493 e. The van der Waals surface area contributed by atoms with Crippen molar-refractivity contribution in [3.63, 3.8) is 0 Å². The standard InChI is InChI=1S/C21H22N4O3/c1-3-28-20-13-17(23-15(2)26)11-12-19(20)21(27)25-24-18(14-22)10-9-16-7-5-4-6-8-16/h4-13,18,24H,3H2,1-2H3,(H,23,26)(H,25,27)/b10-9+/t18-/m1/s1. The number of carbonyl (C=O) groups is 2. The van der Waals surface area contributed by atoms with Crippen LogP contribution in [0.2, 0.25) is 0 Å². The van der Waals surface area contributed by atoms with Crippen LogP contribution in [-0.2, 0) is 4.79 Å². The number of anilines is 1. The minimum atomic E-state index is -0.710. The molecule has 0 saturated carbocycles. The number of benzene rings is 2. The fourth-order valence-corrected chi connectivity index (χ4v) is 2.37. The van der Waals surface area contributed by atoms with E-state index < -0.39 is 11.9 Å². The average Bonchev–Trinajstić information content (AvgIpc) is 2.68. The highest BCUT2D eigenvalue weighted by molar-refractivity contribution is 5.98. The normalized spacial score (nSPS) is 11.5. The van der Waals surface area contributed by atoms with E-state index >= 15 is 0 Å². The molecular weight excluding hydrogens is 356 g/mol. The van der Waals surface area contributed by atoms with Crippen molar-refractivity contribution in [3.05, 3.63) is 65.7 Å². The monoisotopic (exact) mass is 378 g/mol. The number of nitrogens with one attached hydrogen (secondary N) is 3. The summed E-state index contributed by atoms with van der Waals surface area (Å²) in [4.78, 5) is 23.7. The molecule has 7 heteroatoms.